The number of hydrogen-bond acceptors (Lipinski definition) is 4. The molecule has 20 heavy (non-hydrogen) atoms. The lowest BCUT2D eigenvalue weighted by atomic mass is 9.81. The van der Waals surface area contributed by atoms with Crippen molar-refractivity contribution in [2.24, 2.45) is 0 Å². The second-order valence-electron chi connectivity index (χ2n) is 4.99. The van der Waals surface area contributed by atoms with Crippen molar-refractivity contribution in [2.45, 2.75) is 37.6 Å². The number of nitro groups is 1. The van der Waals surface area contributed by atoms with Gasteiger partial charge < -0.3 is 10.4 Å². The number of nitrogens with zero attached hydrogens (tertiary/aromatic N) is 1. The summed E-state index contributed by atoms with van der Waals surface area (Å²) in [5, 5.41) is 23.5. The molecule has 1 saturated carbocycles. The number of carbonyl (C=O) groups is 1. The van der Waals surface area contributed by atoms with Crippen LogP contribution < -0.4 is 5.32 Å². The summed E-state index contributed by atoms with van der Waals surface area (Å²) in [5.41, 5.74) is -0.890. The summed E-state index contributed by atoms with van der Waals surface area (Å²) in [6.45, 7) is 0. The number of halogens is 1. The maximum atomic E-state index is 11.6. The first-order valence-electron chi connectivity index (χ1n) is 6.40. The molecule has 2 rings (SSSR count). The third-order valence-electron chi connectivity index (χ3n) is 3.65. The van der Waals surface area contributed by atoms with Crippen molar-refractivity contribution in [3.63, 3.8) is 0 Å². The molecule has 1 aromatic carbocycles. The van der Waals surface area contributed by atoms with E-state index >= 15 is 0 Å². The summed E-state index contributed by atoms with van der Waals surface area (Å²) in [5.74, 6) is -0.940. The van der Waals surface area contributed by atoms with Gasteiger partial charge in [0.2, 0.25) is 0 Å². The number of anilines is 1. The fourth-order valence-electron chi connectivity index (χ4n) is 2.57. The van der Waals surface area contributed by atoms with Crippen LogP contribution in [0.4, 0.5) is 11.4 Å². The number of aliphatic carboxylic acids is 1. The SMILES string of the molecule is O=C(O)C1(Nc2ccc(I)cc2[N+](=O)[O-])CCCCC1. The lowest BCUT2D eigenvalue weighted by Gasteiger charge is -2.34. The van der Waals surface area contributed by atoms with E-state index in [9.17, 15) is 20.0 Å². The Bertz CT molecular complexity index is 541. The number of benzene rings is 1. The summed E-state index contributed by atoms with van der Waals surface area (Å²) in [7, 11) is 0. The van der Waals surface area contributed by atoms with Gasteiger partial charge in [-0.25, -0.2) is 4.79 Å². The van der Waals surface area contributed by atoms with Crippen LogP contribution in [0.2, 0.25) is 0 Å². The van der Waals surface area contributed by atoms with E-state index in [1.807, 2.05) is 22.6 Å². The molecule has 1 aromatic rings. The van der Waals surface area contributed by atoms with Gasteiger partial charge in [-0.05, 0) is 47.6 Å². The highest BCUT2D eigenvalue weighted by Crippen LogP contribution is 2.35. The first-order chi connectivity index (χ1) is 9.44. The van der Waals surface area contributed by atoms with E-state index in [0.29, 0.717) is 12.8 Å². The van der Waals surface area contributed by atoms with E-state index < -0.39 is 16.4 Å². The van der Waals surface area contributed by atoms with E-state index in [4.69, 9.17) is 0 Å². The highest BCUT2D eigenvalue weighted by Gasteiger charge is 2.40. The Labute approximate surface area is 129 Å². The van der Waals surface area contributed by atoms with Gasteiger partial charge in [-0.3, -0.25) is 10.1 Å². The normalized spacial score (nSPS) is 17.4. The van der Waals surface area contributed by atoms with Crippen LogP contribution in [0.3, 0.4) is 0 Å². The van der Waals surface area contributed by atoms with Crippen molar-refractivity contribution >= 4 is 39.9 Å². The minimum Gasteiger partial charge on any atom is -0.480 e. The number of rotatable bonds is 4. The predicted octanol–water partition coefficient (Wildman–Crippen LogP) is 3.40. The van der Waals surface area contributed by atoms with Gasteiger partial charge in [0.25, 0.3) is 5.69 Å². The van der Waals surface area contributed by atoms with Crippen LogP contribution in [0.25, 0.3) is 0 Å². The molecule has 0 amide bonds. The van der Waals surface area contributed by atoms with E-state index in [-0.39, 0.29) is 11.4 Å². The molecule has 0 radical (unpaired) electrons. The highest BCUT2D eigenvalue weighted by atomic mass is 127. The summed E-state index contributed by atoms with van der Waals surface area (Å²) >= 11 is 1.99. The van der Waals surface area contributed by atoms with Crippen molar-refractivity contribution in [3.8, 4) is 0 Å². The zero-order valence-corrected chi connectivity index (χ0v) is 12.9. The molecule has 0 aliphatic heterocycles. The summed E-state index contributed by atoms with van der Waals surface area (Å²) in [4.78, 5) is 22.2. The summed E-state index contributed by atoms with van der Waals surface area (Å²) < 4.78 is 0.743. The molecule has 7 heteroatoms. The van der Waals surface area contributed by atoms with Crippen LogP contribution in [-0.2, 0) is 4.79 Å². The third kappa shape index (κ3) is 3.02. The lowest BCUT2D eigenvalue weighted by molar-refractivity contribution is -0.384. The maximum Gasteiger partial charge on any atom is 0.329 e. The Kier molecular flexibility index (Phi) is 4.46. The Hall–Kier alpha value is -1.38. The summed E-state index contributed by atoms with van der Waals surface area (Å²) in [6.07, 6.45) is 3.62. The Balaban J connectivity index is 2.36. The molecular weight excluding hydrogens is 375 g/mol. The van der Waals surface area contributed by atoms with Crippen molar-refractivity contribution in [3.05, 3.63) is 31.9 Å². The van der Waals surface area contributed by atoms with E-state index in [1.54, 1.807) is 12.1 Å². The molecule has 0 unspecified atom stereocenters. The zero-order chi connectivity index (χ0) is 14.8. The van der Waals surface area contributed by atoms with Gasteiger partial charge >= 0.3 is 5.97 Å². The number of carboxylic acid groups (broad SMARTS) is 1. The van der Waals surface area contributed by atoms with Gasteiger partial charge in [0, 0.05) is 9.64 Å². The monoisotopic (exact) mass is 390 g/mol. The molecule has 6 nitrogen and oxygen atoms in total. The van der Waals surface area contributed by atoms with Gasteiger partial charge in [0.1, 0.15) is 11.2 Å². The van der Waals surface area contributed by atoms with E-state index in [0.717, 1.165) is 22.8 Å². The van der Waals surface area contributed by atoms with Crippen LogP contribution in [0.15, 0.2) is 18.2 Å². The van der Waals surface area contributed by atoms with Gasteiger partial charge in [-0.2, -0.15) is 0 Å². The Morgan fingerprint density at radius 1 is 1.35 bits per heavy atom. The predicted molar refractivity (Wildman–Crippen MR) is 82.9 cm³/mol. The Morgan fingerprint density at radius 2 is 2.00 bits per heavy atom. The first kappa shape index (κ1) is 15.0. The topological polar surface area (TPSA) is 92.5 Å². The number of carboxylic acids is 1. The van der Waals surface area contributed by atoms with Crippen LogP contribution in [0.1, 0.15) is 32.1 Å². The molecule has 1 aliphatic carbocycles. The molecule has 1 aliphatic rings. The molecule has 0 atom stereocenters. The van der Waals surface area contributed by atoms with Crippen LogP contribution in [-0.4, -0.2) is 21.5 Å². The van der Waals surface area contributed by atoms with Crippen molar-refractivity contribution in [1.29, 1.82) is 0 Å². The molecule has 0 heterocycles. The van der Waals surface area contributed by atoms with Gasteiger partial charge in [0.15, 0.2) is 0 Å². The minimum absolute atomic E-state index is 0.0805. The summed E-state index contributed by atoms with van der Waals surface area (Å²) in [6, 6.07) is 4.76. The fourth-order valence-corrected chi connectivity index (χ4v) is 3.04. The molecule has 0 spiro atoms. The largest absolute Gasteiger partial charge is 0.480 e. The first-order valence-corrected chi connectivity index (χ1v) is 7.48. The zero-order valence-electron chi connectivity index (χ0n) is 10.8. The number of hydrogen-bond donors (Lipinski definition) is 2. The van der Waals surface area contributed by atoms with Crippen LogP contribution in [0, 0.1) is 13.7 Å². The Morgan fingerprint density at radius 3 is 2.55 bits per heavy atom. The van der Waals surface area contributed by atoms with E-state index in [2.05, 4.69) is 5.32 Å². The highest BCUT2D eigenvalue weighted by molar-refractivity contribution is 14.1. The van der Waals surface area contributed by atoms with Crippen molar-refractivity contribution in [2.75, 3.05) is 5.32 Å². The fraction of sp³-hybridized carbons (Fsp3) is 0.462. The van der Waals surface area contributed by atoms with Crippen LogP contribution in [0.5, 0.6) is 0 Å². The van der Waals surface area contributed by atoms with Crippen LogP contribution >= 0.6 is 22.6 Å². The van der Waals surface area contributed by atoms with Crippen molar-refractivity contribution < 1.29 is 14.8 Å². The quantitative estimate of drug-likeness (QED) is 0.467. The average Bonchev–Trinajstić information content (AvgIpc) is 2.41. The molecule has 108 valence electrons. The second kappa shape index (κ2) is 5.94. The molecular formula is C13H15IN2O4. The molecule has 2 N–H and O–H groups in total. The van der Waals surface area contributed by atoms with Gasteiger partial charge in [-0.1, -0.05) is 19.3 Å². The second-order valence-corrected chi connectivity index (χ2v) is 6.24. The maximum absolute atomic E-state index is 11.6. The third-order valence-corrected chi connectivity index (χ3v) is 4.32. The smallest absolute Gasteiger partial charge is 0.329 e. The average molecular weight is 390 g/mol. The molecule has 0 bridgehead atoms. The minimum atomic E-state index is -1.09. The van der Waals surface area contributed by atoms with E-state index in [1.165, 1.54) is 6.07 Å². The molecule has 0 aromatic heterocycles. The number of nitro benzene ring substituents is 1. The lowest BCUT2D eigenvalue weighted by Crippen LogP contribution is -2.48. The number of nitrogens with one attached hydrogen (secondary N) is 1. The molecule has 1 fully saturated rings. The van der Waals surface area contributed by atoms with Gasteiger partial charge in [0.05, 0.1) is 4.92 Å². The van der Waals surface area contributed by atoms with Crippen molar-refractivity contribution in [1.82, 2.24) is 0 Å². The standard InChI is InChI=1S/C13H15IN2O4/c14-9-4-5-10(11(8-9)16(19)20)15-13(12(17)18)6-2-1-3-7-13/h4-5,8,15H,1-3,6-7H2,(H,17,18). The van der Waals surface area contributed by atoms with Gasteiger partial charge in [-0.15, -0.1) is 0 Å². The molecule has 0 saturated heterocycles.